The number of rotatable bonds is 3. The number of likely N-dealkylation sites (tertiary alicyclic amines) is 1. The van der Waals surface area contributed by atoms with Crippen molar-refractivity contribution in [3.8, 4) is 0 Å². The zero-order chi connectivity index (χ0) is 15.7. The summed E-state index contributed by atoms with van der Waals surface area (Å²) in [6, 6.07) is 5.19. The predicted octanol–water partition coefficient (Wildman–Crippen LogP) is 2.01. The number of nitrogens with zero attached hydrogens (tertiary/aromatic N) is 2. The summed E-state index contributed by atoms with van der Waals surface area (Å²) < 4.78 is 14.2. The van der Waals surface area contributed by atoms with Crippen molar-refractivity contribution in [3.63, 3.8) is 0 Å². The first-order chi connectivity index (χ1) is 10.6. The molecule has 3 rings (SSSR count). The fourth-order valence-electron chi connectivity index (χ4n) is 3.63. The van der Waals surface area contributed by atoms with Crippen LogP contribution in [0.25, 0.3) is 0 Å². The number of carbonyl (C=O) groups is 1. The van der Waals surface area contributed by atoms with E-state index in [1.165, 1.54) is 0 Å². The van der Waals surface area contributed by atoms with Crippen molar-refractivity contribution in [2.24, 2.45) is 11.8 Å². The lowest BCUT2D eigenvalue weighted by Gasteiger charge is -2.47. The molecular formula is C17H23FN2O2. The minimum absolute atomic E-state index is 0.163. The summed E-state index contributed by atoms with van der Waals surface area (Å²) in [5, 5.41) is 9.15. The molecule has 1 N–H and O–H groups in total. The molecule has 0 saturated carbocycles. The molecule has 2 heterocycles. The minimum Gasteiger partial charge on any atom is -0.392 e. The van der Waals surface area contributed by atoms with Gasteiger partial charge in [-0.1, -0.05) is 12.1 Å². The van der Waals surface area contributed by atoms with Gasteiger partial charge < -0.3 is 14.9 Å². The van der Waals surface area contributed by atoms with Crippen molar-refractivity contribution in [2.45, 2.75) is 26.4 Å². The van der Waals surface area contributed by atoms with Crippen molar-refractivity contribution in [2.75, 3.05) is 31.1 Å². The molecule has 2 saturated heterocycles. The van der Waals surface area contributed by atoms with Crippen LogP contribution < -0.4 is 4.90 Å². The highest BCUT2D eigenvalue weighted by Gasteiger charge is 2.36. The molecule has 0 unspecified atom stereocenters. The van der Waals surface area contributed by atoms with Crippen LogP contribution in [0, 0.1) is 17.7 Å². The molecule has 22 heavy (non-hydrogen) atoms. The quantitative estimate of drug-likeness (QED) is 0.929. The van der Waals surface area contributed by atoms with E-state index in [9.17, 15) is 9.18 Å². The Balaban J connectivity index is 1.56. The first-order valence-corrected chi connectivity index (χ1v) is 7.99. The number of halogens is 1. The van der Waals surface area contributed by atoms with E-state index in [0.717, 1.165) is 39.0 Å². The molecule has 2 aliphatic heterocycles. The van der Waals surface area contributed by atoms with Gasteiger partial charge in [-0.3, -0.25) is 4.79 Å². The fourth-order valence-corrected chi connectivity index (χ4v) is 3.63. The van der Waals surface area contributed by atoms with Crippen LogP contribution >= 0.6 is 0 Å². The van der Waals surface area contributed by atoms with Crippen LogP contribution in [0.5, 0.6) is 0 Å². The Morgan fingerprint density at radius 1 is 1.27 bits per heavy atom. The maximum absolute atomic E-state index is 14.2. The van der Waals surface area contributed by atoms with E-state index in [-0.39, 0.29) is 18.3 Å². The molecule has 0 radical (unpaired) electrons. The lowest BCUT2D eigenvalue weighted by Crippen LogP contribution is -2.52. The average molecular weight is 306 g/mol. The molecule has 0 aliphatic carbocycles. The third kappa shape index (κ3) is 2.82. The van der Waals surface area contributed by atoms with Crippen molar-refractivity contribution < 1.29 is 14.3 Å². The molecule has 0 spiro atoms. The smallest absolute Gasteiger partial charge is 0.219 e. The molecule has 0 atom stereocenters. The van der Waals surface area contributed by atoms with Crippen molar-refractivity contribution in [1.29, 1.82) is 0 Å². The monoisotopic (exact) mass is 306 g/mol. The zero-order valence-electron chi connectivity index (χ0n) is 13.0. The van der Waals surface area contributed by atoms with Crippen molar-refractivity contribution in [1.82, 2.24) is 4.90 Å². The van der Waals surface area contributed by atoms with Crippen LogP contribution in [-0.2, 0) is 11.4 Å². The van der Waals surface area contributed by atoms with E-state index in [1.807, 2.05) is 4.90 Å². The van der Waals surface area contributed by atoms with Gasteiger partial charge in [0.05, 0.1) is 12.3 Å². The number of hydrogen-bond acceptors (Lipinski definition) is 3. The van der Waals surface area contributed by atoms with E-state index in [0.29, 0.717) is 23.1 Å². The van der Waals surface area contributed by atoms with Gasteiger partial charge in [0.25, 0.3) is 0 Å². The van der Waals surface area contributed by atoms with E-state index in [2.05, 4.69) is 4.90 Å². The molecule has 120 valence electrons. The van der Waals surface area contributed by atoms with Gasteiger partial charge >= 0.3 is 0 Å². The summed E-state index contributed by atoms with van der Waals surface area (Å²) in [6.45, 7) is 4.81. The summed E-state index contributed by atoms with van der Waals surface area (Å²) in [7, 11) is 0. The molecule has 1 amide bonds. The van der Waals surface area contributed by atoms with Gasteiger partial charge in [0, 0.05) is 38.7 Å². The van der Waals surface area contributed by atoms with Crippen LogP contribution in [-0.4, -0.2) is 42.1 Å². The van der Waals surface area contributed by atoms with Gasteiger partial charge in [0.15, 0.2) is 5.82 Å². The van der Waals surface area contributed by atoms with Gasteiger partial charge in [-0.05, 0) is 30.7 Å². The van der Waals surface area contributed by atoms with Crippen LogP contribution in [0.4, 0.5) is 10.1 Å². The lowest BCUT2D eigenvalue weighted by molar-refractivity contribution is -0.130. The summed E-state index contributed by atoms with van der Waals surface area (Å²) in [5.74, 6) is 1.09. The normalized spacial score (nSPS) is 20.1. The molecule has 5 heteroatoms. The lowest BCUT2D eigenvalue weighted by atomic mass is 9.79. The highest BCUT2D eigenvalue weighted by Crippen LogP contribution is 2.36. The maximum atomic E-state index is 14.2. The van der Waals surface area contributed by atoms with Crippen LogP contribution in [0.2, 0.25) is 0 Å². The van der Waals surface area contributed by atoms with Crippen molar-refractivity contribution in [3.05, 3.63) is 29.6 Å². The minimum atomic E-state index is -0.296. The molecule has 4 nitrogen and oxygen atoms in total. The van der Waals surface area contributed by atoms with E-state index < -0.39 is 0 Å². The summed E-state index contributed by atoms with van der Waals surface area (Å²) in [4.78, 5) is 15.3. The number of aliphatic hydroxyl groups is 1. The molecule has 0 aromatic heterocycles. The Labute approximate surface area is 130 Å². The maximum Gasteiger partial charge on any atom is 0.219 e. The Morgan fingerprint density at radius 2 is 1.95 bits per heavy atom. The first kappa shape index (κ1) is 15.3. The Kier molecular flexibility index (Phi) is 4.34. The Bertz CT molecular complexity index is 550. The third-order valence-corrected chi connectivity index (χ3v) is 5.13. The fraction of sp³-hybridized carbons (Fsp3) is 0.588. The number of anilines is 1. The average Bonchev–Trinajstić information content (AvgIpc) is 2.48. The zero-order valence-corrected chi connectivity index (χ0v) is 13.0. The number of hydrogen-bond donors (Lipinski definition) is 1. The van der Waals surface area contributed by atoms with Gasteiger partial charge in [0.2, 0.25) is 5.91 Å². The van der Waals surface area contributed by atoms with E-state index >= 15 is 0 Å². The highest BCUT2D eigenvalue weighted by molar-refractivity contribution is 5.73. The van der Waals surface area contributed by atoms with E-state index in [1.54, 1.807) is 25.1 Å². The summed E-state index contributed by atoms with van der Waals surface area (Å²) in [6.07, 6.45) is 2.11. The highest BCUT2D eigenvalue weighted by atomic mass is 19.1. The molecule has 1 aromatic carbocycles. The standard InChI is InChI=1S/C17H23FN2O2/c1-12(22)19-7-5-13(6-8-19)15-9-20(10-15)16-4-2-3-14(11-21)17(16)18/h2-4,13,15,21H,5-11H2,1H3. The van der Waals surface area contributed by atoms with Gasteiger partial charge in [-0.25, -0.2) is 4.39 Å². The second-order valence-electron chi connectivity index (χ2n) is 6.42. The van der Waals surface area contributed by atoms with E-state index in [4.69, 9.17) is 5.11 Å². The first-order valence-electron chi connectivity index (χ1n) is 7.99. The number of benzene rings is 1. The SMILES string of the molecule is CC(=O)N1CCC(C2CN(c3cccc(CO)c3F)C2)CC1. The van der Waals surface area contributed by atoms with Crippen LogP contribution in [0.1, 0.15) is 25.3 Å². The van der Waals surface area contributed by atoms with Crippen molar-refractivity contribution >= 4 is 11.6 Å². The second-order valence-corrected chi connectivity index (χ2v) is 6.42. The molecule has 2 aliphatic rings. The molecular weight excluding hydrogens is 283 g/mol. The van der Waals surface area contributed by atoms with Gasteiger partial charge in [0.1, 0.15) is 0 Å². The Morgan fingerprint density at radius 3 is 2.55 bits per heavy atom. The van der Waals surface area contributed by atoms with Gasteiger partial charge in [-0.15, -0.1) is 0 Å². The number of aliphatic hydroxyl groups excluding tert-OH is 1. The predicted molar refractivity (Wildman–Crippen MR) is 83.0 cm³/mol. The Hall–Kier alpha value is -1.62. The second kappa shape index (κ2) is 6.24. The number of amides is 1. The van der Waals surface area contributed by atoms with Gasteiger partial charge in [-0.2, -0.15) is 0 Å². The summed E-state index contributed by atoms with van der Waals surface area (Å²) >= 11 is 0. The molecule has 2 fully saturated rings. The number of piperidine rings is 1. The third-order valence-electron chi connectivity index (χ3n) is 5.13. The summed E-state index contributed by atoms with van der Waals surface area (Å²) in [5.41, 5.74) is 0.958. The number of carbonyl (C=O) groups excluding carboxylic acids is 1. The molecule has 1 aromatic rings. The van der Waals surface area contributed by atoms with Crippen LogP contribution in [0.15, 0.2) is 18.2 Å². The molecule has 0 bridgehead atoms. The topological polar surface area (TPSA) is 43.8 Å². The van der Waals surface area contributed by atoms with Crippen LogP contribution in [0.3, 0.4) is 0 Å². The largest absolute Gasteiger partial charge is 0.392 e.